The van der Waals surface area contributed by atoms with E-state index in [0.29, 0.717) is 32.2 Å². The predicted molar refractivity (Wildman–Crippen MR) is 101 cm³/mol. The molecule has 4 rings (SSSR count). The van der Waals surface area contributed by atoms with Crippen molar-refractivity contribution in [2.45, 2.75) is 13.5 Å². The van der Waals surface area contributed by atoms with Gasteiger partial charge in [0.05, 0.1) is 18.9 Å². The summed E-state index contributed by atoms with van der Waals surface area (Å²) in [6.07, 6.45) is 0. The Bertz CT molecular complexity index is 763. The van der Waals surface area contributed by atoms with E-state index in [4.69, 9.17) is 14.1 Å². The molecule has 0 N–H and O–H groups in total. The summed E-state index contributed by atoms with van der Waals surface area (Å²) in [5.41, 5.74) is 1.97. The molecular weight excluding hydrogens is 344 g/mol. The average molecular weight is 370 g/mol. The zero-order valence-corrected chi connectivity index (χ0v) is 15.8. The highest BCUT2D eigenvalue weighted by Gasteiger charge is 2.27. The van der Waals surface area contributed by atoms with Crippen LogP contribution in [-0.2, 0) is 11.3 Å². The van der Waals surface area contributed by atoms with Crippen molar-refractivity contribution in [1.82, 2.24) is 19.7 Å². The number of aryl methyl sites for hydroxylation is 1. The molecule has 2 aromatic rings. The monoisotopic (exact) mass is 370 g/mol. The molecule has 2 aliphatic rings. The van der Waals surface area contributed by atoms with E-state index in [1.54, 1.807) is 0 Å². The molecule has 0 bridgehead atoms. The minimum atomic E-state index is 0.141. The number of morpholine rings is 1. The van der Waals surface area contributed by atoms with Gasteiger partial charge in [-0.1, -0.05) is 18.2 Å². The third-order valence-corrected chi connectivity index (χ3v) is 5.21. The van der Waals surface area contributed by atoms with Gasteiger partial charge in [-0.2, -0.15) is 0 Å². The third-order valence-electron chi connectivity index (χ3n) is 5.21. The summed E-state index contributed by atoms with van der Waals surface area (Å²) in [7, 11) is 0. The highest BCUT2D eigenvalue weighted by molar-refractivity contribution is 5.74. The number of hydrogen-bond acceptors (Lipinski definition) is 5. The number of hydrogen-bond donors (Lipinski definition) is 0. The van der Waals surface area contributed by atoms with Gasteiger partial charge in [-0.05, 0) is 19.1 Å². The summed E-state index contributed by atoms with van der Waals surface area (Å²) in [5.74, 6) is 1.53. The van der Waals surface area contributed by atoms with Crippen molar-refractivity contribution in [2.24, 2.45) is 0 Å². The van der Waals surface area contributed by atoms with E-state index in [1.165, 1.54) is 0 Å². The van der Waals surface area contributed by atoms with Crippen molar-refractivity contribution in [2.75, 3.05) is 52.5 Å². The van der Waals surface area contributed by atoms with E-state index in [0.717, 1.165) is 49.7 Å². The Hall–Kier alpha value is -2.38. The summed E-state index contributed by atoms with van der Waals surface area (Å²) < 4.78 is 11.2. The van der Waals surface area contributed by atoms with Crippen LogP contribution >= 0.6 is 0 Å². The lowest BCUT2D eigenvalue weighted by molar-refractivity contribution is 0.0372. The van der Waals surface area contributed by atoms with Gasteiger partial charge in [0, 0.05) is 51.4 Å². The number of nitrogens with zero attached hydrogens (tertiary/aromatic N) is 4. The number of carbonyl (C=O) groups is 1. The number of amides is 2. The maximum atomic E-state index is 12.6. The fraction of sp³-hybridized carbons (Fsp3) is 0.500. The van der Waals surface area contributed by atoms with Gasteiger partial charge >= 0.3 is 6.03 Å². The van der Waals surface area contributed by atoms with Crippen LogP contribution in [0.4, 0.5) is 4.79 Å². The van der Waals surface area contributed by atoms with Gasteiger partial charge < -0.3 is 19.0 Å². The fourth-order valence-corrected chi connectivity index (χ4v) is 3.54. The molecule has 2 saturated heterocycles. The van der Waals surface area contributed by atoms with Crippen LogP contribution in [0.2, 0.25) is 0 Å². The number of benzene rings is 1. The highest BCUT2D eigenvalue weighted by atomic mass is 16.5. The van der Waals surface area contributed by atoms with Crippen LogP contribution in [0.1, 0.15) is 11.5 Å². The summed E-state index contributed by atoms with van der Waals surface area (Å²) in [4.78, 5) is 23.5. The minimum Gasteiger partial charge on any atom is -0.441 e. The molecule has 2 amide bonds. The van der Waals surface area contributed by atoms with Crippen LogP contribution in [0, 0.1) is 6.92 Å². The number of piperazine rings is 1. The first-order valence-electron chi connectivity index (χ1n) is 9.56. The third kappa shape index (κ3) is 4.14. The second-order valence-corrected chi connectivity index (χ2v) is 7.03. The Kier molecular flexibility index (Phi) is 5.40. The quantitative estimate of drug-likeness (QED) is 0.829. The molecule has 2 fully saturated rings. The van der Waals surface area contributed by atoms with Crippen molar-refractivity contribution in [3.8, 4) is 11.5 Å². The van der Waals surface area contributed by atoms with Gasteiger partial charge in [0.1, 0.15) is 5.76 Å². The van der Waals surface area contributed by atoms with Crippen LogP contribution < -0.4 is 0 Å². The minimum absolute atomic E-state index is 0.141. The van der Waals surface area contributed by atoms with Crippen LogP contribution in [0.5, 0.6) is 0 Å². The molecule has 0 spiro atoms. The molecule has 0 saturated carbocycles. The molecule has 2 aliphatic heterocycles. The number of oxazole rings is 1. The maximum absolute atomic E-state index is 12.6. The van der Waals surface area contributed by atoms with Gasteiger partial charge in [0.2, 0.25) is 5.89 Å². The van der Waals surface area contributed by atoms with Crippen molar-refractivity contribution < 1.29 is 13.9 Å². The lowest BCUT2D eigenvalue weighted by Crippen LogP contribution is -2.54. The second-order valence-electron chi connectivity index (χ2n) is 7.03. The number of carbonyl (C=O) groups excluding carboxylic acids is 1. The van der Waals surface area contributed by atoms with E-state index in [2.05, 4.69) is 4.90 Å². The van der Waals surface area contributed by atoms with Crippen molar-refractivity contribution in [3.05, 3.63) is 41.8 Å². The maximum Gasteiger partial charge on any atom is 0.320 e. The molecule has 1 aromatic heterocycles. The van der Waals surface area contributed by atoms with E-state index >= 15 is 0 Å². The van der Waals surface area contributed by atoms with Crippen LogP contribution in [0.3, 0.4) is 0 Å². The Morgan fingerprint density at radius 3 is 2.37 bits per heavy atom. The van der Waals surface area contributed by atoms with Gasteiger partial charge in [0.25, 0.3) is 0 Å². The Balaban J connectivity index is 1.33. The number of urea groups is 1. The largest absolute Gasteiger partial charge is 0.441 e. The smallest absolute Gasteiger partial charge is 0.320 e. The lowest BCUT2D eigenvalue weighted by atomic mass is 10.2. The molecule has 7 nitrogen and oxygen atoms in total. The molecule has 3 heterocycles. The molecular formula is C20H26N4O3. The molecule has 7 heteroatoms. The molecule has 0 aliphatic carbocycles. The standard InChI is InChI=1S/C20H26N4O3/c1-16-18(21-19(27-16)17-5-3-2-4-6-17)15-22-7-9-23(10-8-22)20(25)24-11-13-26-14-12-24/h2-6H,7-15H2,1H3. The Morgan fingerprint density at radius 1 is 1.00 bits per heavy atom. The summed E-state index contributed by atoms with van der Waals surface area (Å²) in [6, 6.07) is 10.1. The Labute approximate surface area is 159 Å². The number of rotatable bonds is 3. The van der Waals surface area contributed by atoms with E-state index in [1.807, 2.05) is 47.1 Å². The topological polar surface area (TPSA) is 62.1 Å². The van der Waals surface area contributed by atoms with Crippen molar-refractivity contribution in [1.29, 1.82) is 0 Å². The van der Waals surface area contributed by atoms with E-state index in [9.17, 15) is 4.79 Å². The fourth-order valence-electron chi connectivity index (χ4n) is 3.54. The normalized spacial score (nSPS) is 18.7. The van der Waals surface area contributed by atoms with E-state index in [-0.39, 0.29) is 6.03 Å². The first-order chi connectivity index (χ1) is 13.2. The van der Waals surface area contributed by atoms with Crippen molar-refractivity contribution in [3.63, 3.8) is 0 Å². The van der Waals surface area contributed by atoms with Gasteiger partial charge in [-0.15, -0.1) is 0 Å². The van der Waals surface area contributed by atoms with Gasteiger partial charge in [-0.3, -0.25) is 4.90 Å². The number of aromatic nitrogens is 1. The zero-order valence-electron chi connectivity index (χ0n) is 15.8. The summed E-state index contributed by atoms with van der Waals surface area (Å²) in [5, 5.41) is 0. The SMILES string of the molecule is Cc1oc(-c2ccccc2)nc1CN1CCN(C(=O)N2CCOCC2)CC1. The van der Waals surface area contributed by atoms with Gasteiger partial charge in [-0.25, -0.2) is 9.78 Å². The lowest BCUT2D eigenvalue weighted by Gasteiger charge is -2.38. The number of ether oxygens (including phenoxy) is 1. The van der Waals surface area contributed by atoms with Crippen LogP contribution in [0.25, 0.3) is 11.5 Å². The average Bonchev–Trinajstić information content (AvgIpc) is 3.10. The van der Waals surface area contributed by atoms with Crippen LogP contribution in [-0.4, -0.2) is 78.2 Å². The molecule has 0 radical (unpaired) electrons. The van der Waals surface area contributed by atoms with Crippen molar-refractivity contribution >= 4 is 6.03 Å². The van der Waals surface area contributed by atoms with Gasteiger partial charge in [0.15, 0.2) is 0 Å². The first-order valence-corrected chi connectivity index (χ1v) is 9.56. The first kappa shape index (κ1) is 18.0. The predicted octanol–water partition coefficient (Wildman–Crippen LogP) is 2.22. The molecule has 27 heavy (non-hydrogen) atoms. The molecule has 0 unspecified atom stereocenters. The molecule has 0 atom stereocenters. The zero-order chi connectivity index (χ0) is 18.6. The van der Waals surface area contributed by atoms with E-state index < -0.39 is 0 Å². The Morgan fingerprint density at radius 2 is 1.67 bits per heavy atom. The molecule has 1 aromatic carbocycles. The highest BCUT2D eigenvalue weighted by Crippen LogP contribution is 2.22. The molecule has 144 valence electrons. The van der Waals surface area contributed by atoms with Crippen LogP contribution in [0.15, 0.2) is 34.7 Å². The second kappa shape index (κ2) is 8.10. The summed E-state index contributed by atoms with van der Waals surface area (Å²) in [6.45, 7) is 8.58. The summed E-state index contributed by atoms with van der Waals surface area (Å²) >= 11 is 0.